The van der Waals surface area contributed by atoms with Crippen molar-refractivity contribution in [3.05, 3.63) is 108 Å². The number of pyridine rings is 1. The third-order valence-corrected chi connectivity index (χ3v) is 4.61. The molecule has 4 aromatic rings. The first-order valence-corrected chi connectivity index (χ1v) is 9.00. The minimum absolute atomic E-state index is 0.392. The zero-order valence-corrected chi connectivity index (χ0v) is 15.4. The fourth-order valence-corrected chi connectivity index (χ4v) is 3.16. The maximum Gasteiger partial charge on any atom is 0.339 e. The monoisotopic (exact) mass is 369 g/mol. The van der Waals surface area contributed by atoms with Gasteiger partial charge in [-0.3, -0.25) is 4.98 Å². The minimum Gasteiger partial charge on any atom is -0.497 e. The number of nitrogens with zero attached hydrogens (tertiary/aromatic N) is 1. The van der Waals surface area contributed by atoms with Crippen LogP contribution < -0.4 is 4.74 Å². The molecule has 0 aliphatic heterocycles. The molecule has 4 nitrogen and oxygen atoms in total. The molecule has 28 heavy (non-hydrogen) atoms. The van der Waals surface area contributed by atoms with Crippen molar-refractivity contribution >= 4 is 16.7 Å². The highest BCUT2D eigenvalue weighted by molar-refractivity contribution is 5.90. The van der Waals surface area contributed by atoms with Crippen molar-refractivity contribution in [1.82, 2.24) is 4.98 Å². The molecule has 0 bridgehead atoms. The van der Waals surface area contributed by atoms with Crippen LogP contribution in [-0.4, -0.2) is 18.1 Å². The van der Waals surface area contributed by atoms with E-state index in [1.54, 1.807) is 25.4 Å². The summed E-state index contributed by atoms with van der Waals surface area (Å²) in [6.45, 7) is 0. The summed E-state index contributed by atoms with van der Waals surface area (Å²) in [5.74, 6) is 0.346. The summed E-state index contributed by atoms with van der Waals surface area (Å²) >= 11 is 0. The number of methoxy groups -OCH3 is 1. The van der Waals surface area contributed by atoms with Crippen LogP contribution >= 0.6 is 0 Å². The summed E-state index contributed by atoms with van der Waals surface area (Å²) < 4.78 is 11.2. The zero-order chi connectivity index (χ0) is 19.3. The smallest absolute Gasteiger partial charge is 0.339 e. The summed E-state index contributed by atoms with van der Waals surface area (Å²) in [5.41, 5.74) is 2.03. The number of carbonyl (C=O) groups excluding carboxylic acids is 1. The highest BCUT2D eigenvalue weighted by Gasteiger charge is 2.23. The molecule has 4 rings (SSSR count). The lowest BCUT2D eigenvalue weighted by molar-refractivity contribution is 0.0373. The van der Waals surface area contributed by atoms with Gasteiger partial charge < -0.3 is 9.47 Å². The van der Waals surface area contributed by atoms with Crippen molar-refractivity contribution in [3.8, 4) is 5.75 Å². The van der Waals surface area contributed by atoms with Gasteiger partial charge in [0.2, 0.25) is 0 Å². The van der Waals surface area contributed by atoms with Gasteiger partial charge in [-0.2, -0.15) is 0 Å². The fourth-order valence-electron chi connectivity index (χ4n) is 3.16. The van der Waals surface area contributed by atoms with Gasteiger partial charge in [-0.1, -0.05) is 54.6 Å². The maximum atomic E-state index is 12.8. The average molecular weight is 369 g/mol. The fraction of sp³-hybridized carbons (Fsp3) is 0.0833. The molecule has 0 aliphatic rings. The molecule has 0 spiro atoms. The third-order valence-electron chi connectivity index (χ3n) is 4.61. The lowest BCUT2D eigenvalue weighted by Gasteiger charge is -2.20. The average Bonchev–Trinajstić information content (AvgIpc) is 2.78. The van der Waals surface area contributed by atoms with Crippen LogP contribution in [0.5, 0.6) is 5.75 Å². The number of rotatable bonds is 5. The number of benzene rings is 3. The van der Waals surface area contributed by atoms with Crippen LogP contribution in [0.1, 0.15) is 27.7 Å². The molecule has 1 heterocycles. The molecule has 0 N–H and O–H groups in total. The lowest BCUT2D eigenvalue weighted by Crippen LogP contribution is -2.14. The van der Waals surface area contributed by atoms with Gasteiger partial charge in [0.15, 0.2) is 6.10 Å². The van der Waals surface area contributed by atoms with E-state index < -0.39 is 12.1 Å². The number of aromatic nitrogens is 1. The van der Waals surface area contributed by atoms with E-state index in [4.69, 9.17) is 9.47 Å². The Morgan fingerprint density at radius 1 is 0.857 bits per heavy atom. The Morgan fingerprint density at radius 2 is 1.57 bits per heavy atom. The molecule has 1 aromatic heterocycles. The second kappa shape index (κ2) is 7.92. The van der Waals surface area contributed by atoms with Gasteiger partial charge in [0.05, 0.1) is 18.4 Å². The summed E-state index contributed by atoms with van der Waals surface area (Å²) in [4.78, 5) is 17.4. The van der Waals surface area contributed by atoms with E-state index in [-0.39, 0.29) is 0 Å². The molecular formula is C24H19NO3. The number of carbonyl (C=O) groups is 1. The number of fused-ring (bicyclic) bond motifs is 1. The molecule has 0 saturated heterocycles. The molecule has 1 atom stereocenters. The van der Waals surface area contributed by atoms with Gasteiger partial charge in [-0.15, -0.1) is 0 Å². The first-order valence-electron chi connectivity index (χ1n) is 9.00. The van der Waals surface area contributed by atoms with Gasteiger partial charge in [0.25, 0.3) is 0 Å². The first-order chi connectivity index (χ1) is 13.8. The van der Waals surface area contributed by atoms with Crippen molar-refractivity contribution in [2.75, 3.05) is 7.11 Å². The van der Waals surface area contributed by atoms with Gasteiger partial charge >= 0.3 is 5.97 Å². The lowest BCUT2D eigenvalue weighted by atomic mass is 10.0. The highest BCUT2D eigenvalue weighted by atomic mass is 16.5. The van der Waals surface area contributed by atoms with Crippen LogP contribution in [0.3, 0.4) is 0 Å². The molecule has 1 unspecified atom stereocenters. The van der Waals surface area contributed by atoms with Gasteiger partial charge in [-0.05, 0) is 41.3 Å². The summed E-state index contributed by atoms with van der Waals surface area (Å²) in [6.07, 6.45) is 1.11. The van der Waals surface area contributed by atoms with Crippen LogP contribution in [-0.2, 0) is 4.74 Å². The van der Waals surface area contributed by atoms with Crippen molar-refractivity contribution in [3.63, 3.8) is 0 Å². The SMILES string of the molecule is COc1ccc(C(OC(=O)c2ccccc2)c2nccc3ccccc23)cc1. The van der Waals surface area contributed by atoms with Crippen LogP contribution in [0.25, 0.3) is 10.8 Å². The van der Waals surface area contributed by atoms with Crippen LogP contribution in [0, 0.1) is 0 Å². The predicted molar refractivity (Wildman–Crippen MR) is 108 cm³/mol. The molecule has 0 aliphatic carbocycles. The highest BCUT2D eigenvalue weighted by Crippen LogP contribution is 2.32. The van der Waals surface area contributed by atoms with Crippen molar-refractivity contribution in [2.45, 2.75) is 6.10 Å². The van der Waals surface area contributed by atoms with E-state index in [9.17, 15) is 4.79 Å². The van der Waals surface area contributed by atoms with Crippen LogP contribution in [0.4, 0.5) is 0 Å². The number of ether oxygens (including phenoxy) is 2. The third kappa shape index (κ3) is 3.58. The van der Waals surface area contributed by atoms with E-state index >= 15 is 0 Å². The van der Waals surface area contributed by atoms with Crippen molar-refractivity contribution < 1.29 is 14.3 Å². The number of hydrogen-bond acceptors (Lipinski definition) is 4. The Labute approximate surface area is 163 Å². The normalized spacial score (nSPS) is 11.8. The van der Waals surface area contributed by atoms with E-state index in [1.165, 1.54) is 0 Å². The quantitative estimate of drug-likeness (QED) is 0.454. The summed E-state index contributed by atoms with van der Waals surface area (Å²) in [5, 5.41) is 1.99. The van der Waals surface area contributed by atoms with E-state index in [1.807, 2.05) is 72.8 Å². The maximum absolute atomic E-state index is 12.8. The van der Waals surface area contributed by atoms with Crippen molar-refractivity contribution in [1.29, 1.82) is 0 Å². The van der Waals surface area contributed by atoms with Crippen LogP contribution in [0.2, 0.25) is 0 Å². The van der Waals surface area contributed by atoms with E-state index in [0.717, 1.165) is 22.1 Å². The van der Waals surface area contributed by atoms with Gasteiger partial charge in [0, 0.05) is 11.6 Å². The molecular weight excluding hydrogens is 350 g/mol. The Hall–Kier alpha value is -3.66. The Morgan fingerprint density at radius 3 is 2.32 bits per heavy atom. The van der Waals surface area contributed by atoms with Gasteiger partial charge in [-0.25, -0.2) is 4.79 Å². The second-order valence-corrected chi connectivity index (χ2v) is 6.34. The minimum atomic E-state index is -0.635. The van der Waals surface area contributed by atoms with E-state index in [2.05, 4.69) is 4.98 Å². The number of hydrogen-bond donors (Lipinski definition) is 0. The van der Waals surface area contributed by atoms with Crippen LogP contribution in [0.15, 0.2) is 91.1 Å². The topological polar surface area (TPSA) is 48.4 Å². The van der Waals surface area contributed by atoms with E-state index in [0.29, 0.717) is 11.3 Å². The molecule has 0 fully saturated rings. The largest absolute Gasteiger partial charge is 0.497 e. The molecule has 4 heteroatoms. The van der Waals surface area contributed by atoms with Gasteiger partial charge in [0.1, 0.15) is 5.75 Å². The molecule has 0 radical (unpaired) electrons. The summed E-state index contributed by atoms with van der Waals surface area (Å²) in [6, 6.07) is 26.4. The second-order valence-electron chi connectivity index (χ2n) is 6.34. The molecule has 3 aromatic carbocycles. The molecule has 138 valence electrons. The summed E-state index contributed by atoms with van der Waals surface area (Å²) in [7, 11) is 1.62. The zero-order valence-electron chi connectivity index (χ0n) is 15.4. The Balaban J connectivity index is 1.79. The van der Waals surface area contributed by atoms with Crippen molar-refractivity contribution in [2.24, 2.45) is 0 Å². The predicted octanol–water partition coefficient (Wildman–Crippen LogP) is 5.19. The molecule has 0 saturated carbocycles. The first kappa shape index (κ1) is 17.7. The Kier molecular flexibility index (Phi) is 5.02. The standard InChI is InChI=1S/C24H19NO3/c1-27-20-13-11-18(12-14-20)23(28-24(26)19-8-3-2-4-9-19)22-21-10-6-5-7-17(21)15-16-25-22/h2-16,23H,1H3. The number of esters is 1. The molecule has 0 amide bonds. The Bertz CT molecular complexity index is 1090.